The summed E-state index contributed by atoms with van der Waals surface area (Å²) in [5.74, 6) is -1.29. The summed E-state index contributed by atoms with van der Waals surface area (Å²) in [6.45, 7) is 6.59. The number of benzene rings is 4. The van der Waals surface area contributed by atoms with E-state index in [0.717, 1.165) is 16.7 Å². The summed E-state index contributed by atoms with van der Waals surface area (Å²) in [4.78, 5) is 59.4. The van der Waals surface area contributed by atoms with Crippen LogP contribution >= 0.6 is 0 Å². The zero-order chi connectivity index (χ0) is 36.4. The van der Waals surface area contributed by atoms with E-state index in [-0.39, 0.29) is 59.8 Å². The summed E-state index contributed by atoms with van der Waals surface area (Å²) in [5.41, 5.74) is 9.70. The number of aliphatic imine (C=N–C) groups is 1. The van der Waals surface area contributed by atoms with E-state index in [1.54, 1.807) is 35.2 Å². The summed E-state index contributed by atoms with van der Waals surface area (Å²) < 4.78 is 10.8. The molecule has 1 unspecified atom stereocenters. The number of amides is 3. The van der Waals surface area contributed by atoms with Crippen LogP contribution in [0.1, 0.15) is 71.0 Å². The second-order valence-corrected chi connectivity index (χ2v) is 13.3. The van der Waals surface area contributed by atoms with E-state index in [4.69, 9.17) is 15.2 Å². The molecule has 11 heteroatoms. The van der Waals surface area contributed by atoms with Gasteiger partial charge in [0.15, 0.2) is 5.78 Å². The van der Waals surface area contributed by atoms with Gasteiger partial charge in [-0.1, -0.05) is 106 Å². The van der Waals surface area contributed by atoms with Gasteiger partial charge in [0, 0.05) is 30.1 Å². The Kier molecular flexibility index (Phi) is 11.8. The number of para-hydroxylation sites is 1. The average molecular weight is 690 g/mol. The molecule has 5 rings (SSSR count). The van der Waals surface area contributed by atoms with Crippen LogP contribution in [0.2, 0.25) is 0 Å². The van der Waals surface area contributed by atoms with Crippen LogP contribution in [0.25, 0.3) is 0 Å². The number of Topliss-reactive ketones (excluding diaryl/α,β-unsaturated/α-hetero) is 1. The van der Waals surface area contributed by atoms with E-state index in [1.807, 2.05) is 93.6 Å². The minimum atomic E-state index is -0.915. The maximum absolute atomic E-state index is 14.2. The van der Waals surface area contributed by atoms with Gasteiger partial charge in [-0.3, -0.25) is 14.9 Å². The summed E-state index contributed by atoms with van der Waals surface area (Å²) >= 11 is 0. The minimum absolute atomic E-state index is 0.00364. The molecule has 1 saturated heterocycles. The van der Waals surface area contributed by atoms with Gasteiger partial charge in [0.05, 0.1) is 11.4 Å². The van der Waals surface area contributed by atoms with Crippen LogP contribution in [0.3, 0.4) is 0 Å². The van der Waals surface area contributed by atoms with Crippen molar-refractivity contribution in [3.8, 4) is 0 Å². The SMILES string of the molecule is CC(C)(C)c1ccccc1C(=O)Nc1c(N)cccc1C(=O)C1CCCN(C(=NC(=O)OCc2ccccc2)NC(=O)OCc2ccccc2)C1. The number of nitrogens with one attached hydrogen (secondary N) is 2. The zero-order valence-electron chi connectivity index (χ0n) is 29.1. The number of nitrogens with two attached hydrogens (primary N) is 1. The molecule has 1 fully saturated rings. The molecule has 3 amide bonds. The fraction of sp³-hybridized carbons (Fsp3) is 0.275. The van der Waals surface area contributed by atoms with Gasteiger partial charge in [0.25, 0.3) is 5.91 Å². The van der Waals surface area contributed by atoms with Gasteiger partial charge in [-0.2, -0.15) is 0 Å². The van der Waals surface area contributed by atoms with Crippen LogP contribution < -0.4 is 16.4 Å². The van der Waals surface area contributed by atoms with Gasteiger partial charge in [0.1, 0.15) is 13.2 Å². The first kappa shape index (κ1) is 36.3. The largest absolute Gasteiger partial charge is 0.444 e. The van der Waals surface area contributed by atoms with Gasteiger partial charge >= 0.3 is 12.2 Å². The van der Waals surface area contributed by atoms with Gasteiger partial charge in [-0.25, -0.2) is 9.59 Å². The predicted octanol–water partition coefficient (Wildman–Crippen LogP) is 7.33. The highest BCUT2D eigenvalue weighted by molar-refractivity contribution is 6.13. The highest BCUT2D eigenvalue weighted by Crippen LogP contribution is 2.31. The zero-order valence-corrected chi connectivity index (χ0v) is 29.1. The summed E-state index contributed by atoms with van der Waals surface area (Å²) in [6.07, 6.45) is -0.660. The molecule has 0 saturated carbocycles. The average Bonchev–Trinajstić information content (AvgIpc) is 3.14. The lowest BCUT2D eigenvalue weighted by molar-refractivity contribution is 0.0865. The Labute approximate surface area is 297 Å². The fourth-order valence-corrected chi connectivity index (χ4v) is 5.90. The second-order valence-electron chi connectivity index (χ2n) is 13.3. The van der Waals surface area contributed by atoms with Crippen LogP contribution in [0, 0.1) is 5.92 Å². The van der Waals surface area contributed by atoms with Gasteiger partial charge in [0.2, 0.25) is 5.96 Å². The number of guanidine groups is 1. The third-order valence-electron chi connectivity index (χ3n) is 8.50. The Bertz CT molecular complexity index is 1890. The van der Waals surface area contributed by atoms with E-state index in [2.05, 4.69) is 15.6 Å². The van der Waals surface area contributed by atoms with E-state index in [0.29, 0.717) is 24.9 Å². The highest BCUT2D eigenvalue weighted by Gasteiger charge is 2.32. The summed E-state index contributed by atoms with van der Waals surface area (Å²) in [5, 5.41) is 5.51. The van der Waals surface area contributed by atoms with E-state index in [9.17, 15) is 19.2 Å². The van der Waals surface area contributed by atoms with Gasteiger partial charge < -0.3 is 25.4 Å². The van der Waals surface area contributed by atoms with Crippen LogP contribution in [0.5, 0.6) is 0 Å². The van der Waals surface area contributed by atoms with E-state index < -0.39 is 18.1 Å². The molecule has 4 N–H and O–H groups in total. The minimum Gasteiger partial charge on any atom is -0.444 e. The Hall–Kier alpha value is -5.97. The fourth-order valence-electron chi connectivity index (χ4n) is 5.90. The molecule has 11 nitrogen and oxygen atoms in total. The lowest BCUT2D eigenvalue weighted by Gasteiger charge is -2.34. The van der Waals surface area contributed by atoms with Gasteiger partial charge in [-0.05, 0) is 53.1 Å². The second kappa shape index (κ2) is 16.6. The smallest absolute Gasteiger partial charge is 0.437 e. The Balaban J connectivity index is 1.35. The molecule has 0 spiro atoms. The van der Waals surface area contributed by atoms with Gasteiger partial charge in [-0.15, -0.1) is 4.99 Å². The van der Waals surface area contributed by atoms with Crippen molar-refractivity contribution in [3.05, 3.63) is 131 Å². The molecule has 0 aromatic heterocycles. The standard InChI is InChI=1S/C40H43N5O6/c1-40(2,3)32-21-11-10-19-30(32)36(47)42-34-31(20-12-22-33(34)41)35(46)29-18-13-23-45(24-29)37(43-38(48)50-25-27-14-6-4-7-15-27)44-39(49)51-26-28-16-8-5-9-17-28/h4-12,14-17,19-22,29H,13,18,23-26,41H2,1-3H3,(H,42,47)(H,43,44,48,49). The van der Waals surface area contributed by atoms with Crippen molar-refractivity contribution < 1.29 is 28.7 Å². The Morgan fingerprint density at radius 1 is 0.804 bits per heavy atom. The highest BCUT2D eigenvalue weighted by atomic mass is 16.6. The number of ketones is 1. The maximum Gasteiger partial charge on any atom is 0.437 e. The predicted molar refractivity (Wildman–Crippen MR) is 196 cm³/mol. The van der Waals surface area contributed by atoms with Crippen LogP contribution in [-0.4, -0.2) is 47.8 Å². The van der Waals surface area contributed by atoms with E-state index in [1.165, 1.54) is 0 Å². The molecule has 1 atom stereocenters. The molecule has 4 aromatic carbocycles. The first-order valence-electron chi connectivity index (χ1n) is 16.8. The van der Waals surface area contributed by atoms with Crippen molar-refractivity contribution in [2.75, 3.05) is 24.1 Å². The number of rotatable bonds is 8. The third kappa shape index (κ3) is 9.81. The number of hydrogen-bond acceptors (Lipinski definition) is 7. The molecule has 1 aliphatic heterocycles. The van der Waals surface area contributed by atoms with Crippen molar-refractivity contribution in [3.63, 3.8) is 0 Å². The monoisotopic (exact) mass is 689 g/mol. The Morgan fingerprint density at radius 3 is 2.08 bits per heavy atom. The van der Waals surface area contributed by atoms with E-state index >= 15 is 0 Å². The molecule has 4 aromatic rings. The number of nitrogens with zero attached hydrogens (tertiary/aromatic N) is 2. The summed E-state index contributed by atoms with van der Waals surface area (Å²) in [7, 11) is 0. The van der Waals surface area contributed by atoms with Crippen molar-refractivity contribution in [1.29, 1.82) is 0 Å². The number of hydrogen-bond donors (Lipinski definition) is 3. The number of likely N-dealkylation sites (tertiary alicyclic amines) is 1. The molecule has 0 aliphatic carbocycles. The number of nitrogen functional groups attached to an aromatic ring is 1. The topological polar surface area (TPSA) is 152 Å². The number of anilines is 2. The third-order valence-corrected chi connectivity index (χ3v) is 8.50. The van der Waals surface area contributed by atoms with Crippen LogP contribution in [-0.2, 0) is 28.1 Å². The lowest BCUT2D eigenvalue weighted by Crippen LogP contribution is -2.50. The van der Waals surface area contributed by atoms with Crippen molar-refractivity contribution in [2.24, 2.45) is 10.9 Å². The quantitative estimate of drug-likeness (QED) is 0.0753. The molecule has 51 heavy (non-hydrogen) atoms. The molecular weight excluding hydrogens is 646 g/mol. The Morgan fingerprint density at radius 2 is 1.41 bits per heavy atom. The number of piperidine rings is 1. The molecule has 1 aliphatic rings. The number of ether oxygens (including phenoxy) is 2. The molecule has 1 heterocycles. The molecular formula is C40H43N5O6. The van der Waals surface area contributed by atoms with Crippen molar-refractivity contribution >= 4 is 41.2 Å². The molecule has 0 radical (unpaired) electrons. The number of carbonyl (C=O) groups is 4. The maximum atomic E-state index is 14.2. The first-order valence-corrected chi connectivity index (χ1v) is 16.8. The summed E-state index contributed by atoms with van der Waals surface area (Å²) in [6, 6.07) is 30.6. The number of carbonyl (C=O) groups excluding carboxylic acids is 4. The number of alkyl carbamates (subject to hydrolysis) is 1. The van der Waals surface area contributed by atoms with Crippen molar-refractivity contribution in [2.45, 2.75) is 52.2 Å². The lowest BCUT2D eigenvalue weighted by atomic mass is 9.83. The normalized spacial score (nSPS) is 14.7. The first-order chi connectivity index (χ1) is 24.5. The van der Waals surface area contributed by atoms with Crippen LogP contribution in [0.15, 0.2) is 108 Å². The molecule has 264 valence electrons. The molecule has 0 bridgehead atoms. The van der Waals surface area contributed by atoms with Crippen molar-refractivity contribution in [1.82, 2.24) is 10.2 Å². The van der Waals surface area contributed by atoms with Crippen LogP contribution in [0.4, 0.5) is 21.0 Å².